The molecule has 9 heteroatoms. The van der Waals surface area contributed by atoms with E-state index in [1.807, 2.05) is 47.7 Å². The molecule has 1 amide bonds. The third-order valence-corrected chi connectivity index (χ3v) is 9.01. The Morgan fingerprint density at radius 3 is 2.58 bits per heavy atom. The molecule has 1 N–H and O–H groups in total. The lowest BCUT2D eigenvalue weighted by Crippen LogP contribution is -2.38. The molecule has 2 aliphatic heterocycles. The molecule has 0 bridgehead atoms. The van der Waals surface area contributed by atoms with Gasteiger partial charge in [-0.25, -0.2) is 4.98 Å². The van der Waals surface area contributed by atoms with Gasteiger partial charge >= 0.3 is 0 Å². The number of amides is 1. The average molecular weight is 582 g/mol. The molecule has 1 aliphatic carbocycles. The number of anilines is 1. The summed E-state index contributed by atoms with van der Waals surface area (Å²) in [4.78, 5) is 23.4. The fourth-order valence-electron chi connectivity index (χ4n) is 6.71. The zero-order chi connectivity index (χ0) is 29.5. The number of hydrogen-bond acceptors (Lipinski definition) is 7. The number of pyridine rings is 1. The van der Waals surface area contributed by atoms with Gasteiger partial charge in [0.2, 0.25) is 12.7 Å². The Kier molecular flexibility index (Phi) is 7.43. The van der Waals surface area contributed by atoms with Crippen molar-refractivity contribution in [1.82, 2.24) is 19.7 Å². The quantitative estimate of drug-likeness (QED) is 0.318. The third kappa shape index (κ3) is 5.78. The van der Waals surface area contributed by atoms with Gasteiger partial charge in [-0.1, -0.05) is 6.07 Å². The van der Waals surface area contributed by atoms with Crippen molar-refractivity contribution in [2.24, 2.45) is 0 Å². The maximum absolute atomic E-state index is 14.0. The first-order valence-corrected chi connectivity index (χ1v) is 15.5. The highest BCUT2D eigenvalue weighted by atomic mass is 16.7. The van der Waals surface area contributed by atoms with Crippen molar-refractivity contribution in [3.63, 3.8) is 0 Å². The Balaban J connectivity index is 1.23. The lowest BCUT2D eigenvalue weighted by Gasteiger charge is -2.33. The summed E-state index contributed by atoms with van der Waals surface area (Å²) in [6.45, 7) is 7.08. The van der Waals surface area contributed by atoms with Gasteiger partial charge in [-0.15, -0.1) is 0 Å². The van der Waals surface area contributed by atoms with Crippen molar-refractivity contribution in [3.8, 4) is 11.5 Å². The molecule has 0 unspecified atom stereocenters. The van der Waals surface area contributed by atoms with Crippen LogP contribution in [-0.4, -0.2) is 56.7 Å². The van der Waals surface area contributed by atoms with Crippen LogP contribution in [-0.2, 0) is 37.3 Å². The SMILES string of the molecule is Cc1cc(C)n(CCC(=O)N(Cc2ccc3c(c2)OCO3)Cc2cc3cc4c(cc3nc2N2CCC(O)CC2)CCC4)n1. The lowest BCUT2D eigenvalue weighted by molar-refractivity contribution is -0.132. The van der Waals surface area contributed by atoms with Gasteiger partial charge in [-0.2, -0.15) is 5.10 Å². The smallest absolute Gasteiger partial charge is 0.231 e. The molecular formula is C34H39N5O4. The number of piperidine rings is 1. The van der Waals surface area contributed by atoms with Crippen LogP contribution in [0.3, 0.4) is 0 Å². The number of hydrogen-bond donors (Lipinski definition) is 1. The van der Waals surface area contributed by atoms with Gasteiger partial charge in [0, 0.05) is 55.8 Å². The summed E-state index contributed by atoms with van der Waals surface area (Å²) in [5.74, 6) is 2.41. The molecule has 9 nitrogen and oxygen atoms in total. The number of rotatable bonds is 8. The highest BCUT2D eigenvalue weighted by Gasteiger charge is 2.25. The zero-order valence-electron chi connectivity index (χ0n) is 25.0. The standard InChI is InChI=1S/C34H39N5O4/c1-22-14-23(2)39(36-22)13-10-33(41)38(19-24-6-7-31-32(15-24)43-21-42-31)20-28-17-27-16-25-4-3-5-26(25)18-30(27)35-34(28)37-11-8-29(40)9-12-37/h6-7,14-18,29,40H,3-5,8-13,19-21H2,1-2H3. The maximum Gasteiger partial charge on any atom is 0.231 e. The van der Waals surface area contributed by atoms with E-state index in [-0.39, 0.29) is 18.8 Å². The van der Waals surface area contributed by atoms with Crippen molar-refractivity contribution in [2.45, 2.75) is 78.1 Å². The fourth-order valence-corrected chi connectivity index (χ4v) is 6.71. The number of aliphatic hydroxyl groups is 1. The van der Waals surface area contributed by atoms with Crippen LogP contribution in [0.25, 0.3) is 10.9 Å². The molecule has 43 heavy (non-hydrogen) atoms. The van der Waals surface area contributed by atoms with Crippen LogP contribution in [0.2, 0.25) is 0 Å². The second-order valence-corrected chi connectivity index (χ2v) is 12.2. The predicted molar refractivity (Wildman–Crippen MR) is 164 cm³/mol. The van der Waals surface area contributed by atoms with Gasteiger partial charge in [0.05, 0.1) is 17.3 Å². The summed E-state index contributed by atoms with van der Waals surface area (Å²) in [7, 11) is 0. The van der Waals surface area contributed by atoms with Gasteiger partial charge in [0.1, 0.15) is 5.82 Å². The van der Waals surface area contributed by atoms with Crippen LogP contribution in [0, 0.1) is 13.8 Å². The number of aryl methyl sites for hydroxylation is 5. The Labute approximate surface area is 252 Å². The topological polar surface area (TPSA) is 93.0 Å². The highest BCUT2D eigenvalue weighted by molar-refractivity contribution is 5.84. The van der Waals surface area contributed by atoms with Crippen LogP contribution < -0.4 is 14.4 Å². The number of carbonyl (C=O) groups excluding carboxylic acids is 1. The van der Waals surface area contributed by atoms with Gasteiger partial charge in [0.15, 0.2) is 11.5 Å². The molecule has 0 radical (unpaired) electrons. The molecule has 1 saturated heterocycles. The summed E-state index contributed by atoms with van der Waals surface area (Å²) in [5.41, 5.74) is 7.83. The first-order valence-electron chi connectivity index (χ1n) is 15.5. The maximum atomic E-state index is 14.0. The monoisotopic (exact) mass is 581 g/mol. The molecular weight excluding hydrogens is 542 g/mol. The second kappa shape index (κ2) is 11.5. The van der Waals surface area contributed by atoms with Crippen LogP contribution in [0.5, 0.6) is 11.5 Å². The highest BCUT2D eigenvalue weighted by Crippen LogP contribution is 2.34. The van der Waals surface area contributed by atoms with Crippen molar-refractivity contribution < 1.29 is 19.4 Å². The van der Waals surface area contributed by atoms with E-state index in [0.29, 0.717) is 44.6 Å². The molecule has 3 aliphatic rings. The summed E-state index contributed by atoms with van der Waals surface area (Å²) in [6, 6.07) is 14.7. The minimum Gasteiger partial charge on any atom is -0.454 e. The normalized spacial score (nSPS) is 16.2. The third-order valence-electron chi connectivity index (χ3n) is 9.01. The van der Waals surface area contributed by atoms with Crippen molar-refractivity contribution >= 4 is 22.6 Å². The fraction of sp³-hybridized carbons (Fsp3) is 0.441. The molecule has 0 atom stereocenters. The van der Waals surface area contributed by atoms with Gasteiger partial charge < -0.3 is 24.4 Å². The van der Waals surface area contributed by atoms with Crippen molar-refractivity contribution in [2.75, 3.05) is 24.8 Å². The molecule has 7 rings (SSSR count). The van der Waals surface area contributed by atoms with Crippen LogP contribution in [0.15, 0.2) is 42.5 Å². The Hall–Kier alpha value is -4.11. The van der Waals surface area contributed by atoms with Crippen LogP contribution in [0.1, 0.15) is 59.3 Å². The summed E-state index contributed by atoms with van der Waals surface area (Å²) in [5, 5.41) is 15.9. The molecule has 0 spiro atoms. The minimum absolute atomic E-state index is 0.0549. The first-order chi connectivity index (χ1) is 20.9. The summed E-state index contributed by atoms with van der Waals surface area (Å²) in [6.07, 6.45) is 4.88. The van der Waals surface area contributed by atoms with Crippen molar-refractivity contribution in [1.29, 1.82) is 0 Å². The number of carbonyl (C=O) groups is 1. The predicted octanol–water partition coefficient (Wildman–Crippen LogP) is 4.85. The van der Waals surface area contributed by atoms with E-state index >= 15 is 0 Å². The Morgan fingerprint density at radius 2 is 1.79 bits per heavy atom. The molecule has 2 aromatic heterocycles. The number of benzene rings is 2. The molecule has 0 saturated carbocycles. The summed E-state index contributed by atoms with van der Waals surface area (Å²) < 4.78 is 13.1. The number of ether oxygens (including phenoxy) is 2. The van der Waals surface area contributed by atoms with Crippen LogP contribution >= 0.6 is 0 Å². The molecule has 1 fully saturated rings. The van der Waals surface area contributed by atoms with E-state index in [4.69, 9.17) is 14.5 Å². The van der Waals surface area contributed by atoms with Gasteiger partial charge in [-0.05, 0) is 99.0 Å². The van der Waals surface area contributed by atoms with E-state index in [2.05, 4.69) is 28.2 Å². The number of aliphatic hydroxyl groups excluding tert-OH is 1. The lowest BCUT2D eigenvalue weighted by atomic mass is 10.0. The largest absolute Gasteiger partial charge is 0.454 e. The summed E-state index contributed by atoms with van der Waals surface area (Å²) >= 11 is 0. The molecule has 4 heterocycles. The second-order valence-electron chi connectivity index (χ2n) is 12.2. The first kappa shape index (κ1) is 27.7. The van der Waals surface area contributed by atoms with E-state index in [0.717, 1.165) is 70.9 Å². The van der Waals surface area contributed by atoms with E-state index in [9.17, 15) is 9.90 Å². The minimum atomic E-state index is -0.276. The number of aromatic nitrogens is 3. The van der Waals surface area contributed by atoms with Crippen LogP contribution in [0.4, 0.5) is 5.82 Å². The number of nitrogens with zero attached hydrogens (tertiary/aromatic N) is 5. The van der Waals surface area contributed by atoms with Crippen molar-refractivity contribution in [3.05, 3.63) is 76.1 Å². The Morgan fingerprint density at radius 1 is 1.00 bits per heavy atom. The zero-order valence-corrected chi connectivity index (χ0v) is 25.0. The molecule has 224 valence electrons. The van der Waals surface area contributed by atoms with E-state index in [1.165, 1.54) is 17.5 Å². The molecule has 2 aromatic carbocycles. The van der Waals surface area contributed by atoms with Gasteiger partial charge in [-0.3, -0.25) is 9.48 Å². The van der Waals surface area contributed by atoms with Gasteiger partial charge in [0.25, 0.3) is 0 Å². The average Bonchev–Trinajstić information content (AvgIpc) is 3.73. The van der Waals surface area contributed by atoms with E-state index < -0.39 is 0 Å². The molecule has 4 aromatic rings. The number of fused-ring (bicyclic) bond motifs is 3. The Bertz CT molecular complexity index is 1670. The van der Waals surface area contributed by atoms with E-state index in [1.54, 1.807) is 0 Å².